The molecule has 0 amide bonds. The van der Waals surface area contributed by atoms with Crippen molar-refractivity contribution in [2.45, 2.75) is 19.3 Å². The SMILES string of the molecule is COc1ccc(-c2cc(-c3ccccc3)nc3c2CCC3)cc1. The molecule has 0 atom stereocenters. The Kier molecular flexibility index (Phi) is 3.58. The summed E-state index contributed by atoms with van der Waals surface area (Å²) in [4.78, 5) is 4.92. The fraction of sp³-hybridized carbons (Fsp3) is 0.190. The number of hydrogen-bond acceptors (Lipinski definition) is 2. The van der Waals surface area contributed by atoms with Crippen molar-refractivity contribution in [2.24, 2.45) is 0 Å². The molecule has 1 aromatic heterocycles. The Morgan fingerprint density at radius 3 is 2.39 bits per heavy atom. The maximum atomic E-state index is 5.28. The van der Waals surface area contributed by atoms with Gasteiger partial charge in [0.25, 0.3) is 0 Å². The molecule has 0 spiro atoms. The third kappa shape index (κ3) is 2.61. The topological polar surface area (TPSA) is 22.1 Å². The molecule has 0 saturated carbocycles. The third-order valence-corrected chi connectivity index (χ3v) is 4.52. The van der Waals surface area contributed by atoms with Crippen molar-refractivity contribution in [3.63, 3.8) is 0 Å². The smallest absolute Gasteiger partial charge is 0.118 e. The molecular formula is C21H19NO. The zero-order chi connectivity index (χ0) is 15.6. The quantitative estimate of drug-likeness (QED) is 0.685. The largest absolute Gasteiger partial charge is 0.497 e. The number of aromatic nitrogens is 1. The van der Waals surface area contributed by atoms with Crippen LogP contribution in [-0.4, -0.2) is 12.1 Å². The summed E-state index contributed by atoms with van der Waals surface area (Å²) in [7, 11) is 1.70. The second kappa shape index (κ2) is 5.88. The molecule has 23 heavy (non-hydrogen) atoms. The summed E-state index contributed by atoms with van der Waals surface area (Å²) >= 11 is 0. The van der Waals surface area contributed by atoms with Crippen LogP contribution in [0.5, 0.6) is 5.75 Å². The van der Waals surface area contributed by atoms with E-state index in [1.165, 1.54) is 34.4 Å². The molecule has 4 rings (SSSR count). The van der Waals surface area contributed by atoms with Gasteiger partial charge in [-0.05, 0) is 54.2 Å². The lowest BCUT2D eigenvalue weighted by Gasteiger charge is -2.12. The minimum absolute atomic E-state index is 0.891. The number of benzene rings is 2. The second-order valence-corrected chi connectivity index (χ2v) is 5.93. The Morgan fingerprint density at radius 2 is 1.65 bits per heavy atom. The molecule has 0 radical (unpaired) electrons. The Bertz CT molecular complexity index is 822. The van der Waals surface area contributed by atoms with E-state index in [1.54, 1.807) is 7.11 Å². The van der Waals surface area contributed by atoms with Crippen LogP contribution in [0.2, 0.25) is 0 Å². The van der Waals surface area contributed by atoms with Crippen LogP contribution in [-0.2, 0) is 12.8 Å². The van der Waals surface area contributed by atoms with E-state index in [1.807, 2.05) is 18.2 Å². The molecule has 2 nitrogen and oxygen atoms in total. The van der Waals surface area contributed by atoms with Gasteiger partial charge in [0.15, 0.2) is 0 Å². The van der Waals surface area contributed by atoms with Gasteiger partial charge in [-0.25, -0.2) is 0 Å². The number of aryl methyl sites for hydroxylation is 1. The zero-order valence-corrected chi connectivity index (χ0v) is 13.3. The Hall–Kier alpha value is -2.61. The van der Waals surface area contributed by atoms with E-state index in [0.29, 0.717) is 0 Å². The number of ether oxygens (including phenoxy) is 1. The van der Waals surface area contributed by atoms with Crippen LogP contribution < -0.4 is 4.74 Å². The van der Waals surface area contributed by atoms with Gasteiger partial charge in [-0.2, -0.15) is 0 Å². The fourth-order valence-corrected chi connectivity index (χ4v) is 3.33. The van der Waals surface area contributed by atoms with Gasteiger partial charge in [0.1, 0.15) is 5.75 Å². The van der Waals surface area contributed by atoms with Crippen molar-refractivity contribution in [2.75, 3.05) is 7.11 Å². The van der Waals surface area contributed by atoms with Crippen LogP contribution >= 0.6 is 0 Å². The standard InChI is InChI=1S/C21H19NO/c1-23-17-12-10-15(11-13-17)19-14-21(16-6-3-2-4-7-16)22-20-9-5-8-18(19)20/h2-4,6-7,10-14H,5,8-9H2,1H3. The van der Waals surface area contributed by atoms with Crippen LogP contribution in [0, 0.1) is 0 Å². The maximum absolute atomic E-state index is 5.28. The first-order valence-electron chi connectivity index (χ1n) is 8.08. The summed E-state index contributed by atoms with van der Waals surface area (Å²) in [6.45, 7) is 0. The van der Waals surface area contributed by atoms with Crippen LogP contribution in [0.15, 0.2) is 60.7 Å². The van der Waals surface area contributed by atoms with E-state index in [2.05, 4.69) is 42.5 Å². The van der Waals surface area contributed by atoms with E-state index in [9.17, 15) is 0 Å². The maximum Gasteiger partial charge on any atom is 0.118 e. The lowest BCUT2D eigenvalue weighted by Crippen LogP contribution is -1.96. The van der Waals surface area contributed by atoms with Crippen molar-refractivity contribution in [3.05, 3.63) is 71.9 Å². The van der Waals surface area contributed by atoms with E-state index in [-0.39, 0.29) is 0 Å². The highest BCUT2D eigenvalue weighted by atomic mass is 16.5. The molecule has 0 bridgehead atoms. The zero-order valence-electron chi connectivity index (χ0n) is 13.3. The number of fused-ring (bicyclic) bond motifs is 1. The molecule has 114 valence electrons. The first-order chi connectivity index (χ1) is 11.3. The Labute approximate surface area is 136 Å². The second-order valence-electron chi connectivity index (χ2n) is 5.93. The van der Waals surface area contributed by atoms with Crippen molar-refractivity contribution >= 4 is 0 Å². The molecule has 0 saturated heterocycles. The molecule has 3 aromatic rings. The minimum Gasteiger partial charge on any atom is -0.497 e. The van der Waals surface area contributed by atoms with Gasteiger partial charge in [-0.1, -0.05) is 42.5 Å². The average molecular weight is 301 g/mol. The van der Waals surface area contributed by atoms with Crippen LogP contribution in [0.3, 0.4) is 0 Å². The first kappa shape index (κ1) is 14.0. The van der Waals surface area contributed by atoms with Crippen molar-refractivity contribution in [1.82, 2.24) is 4.98 Å². The van der Waals surface area contributed by atoms with E-state index < -0.39 is 0 Å². The highest BCUT2D eigenvalue weighted by Gasteiger charge is 2.19. The molecule has 0 N–H and O–H groups in total. The summed E-state index contributed by atoms with van der Waals surface area (Å²) in [6, 6.07) is 21.0. The molecular weight excluding hydrogens is 282 g/mol. The average Bonchev–Trinajstić information content (AvgIpc) is 3.10. The van der Waals surface area contributed by atoms with Gasteiger partial charge >= 0.3 is 0 Å². The Balaban J connectivity index is 1.86. The number of rotatable bonds is 3. The number of hydrogen-bond donors (Lipinski definition) is 0. The van der Waals surface area contributed by atoms with E-state index in [4.69, 9.17) is 9.72 Å². The molecule has 0 unspecified atom stereocenters. The fourth-order valence-electron chi connectivity index (χ4n) is 3.33. The van der Waals surface area contributed by atoms with Gasteiger partial charge in [-0.15, -0.1) is 0 Å². The van der Waals surface area contributed by atoms with Crippen molar-refractivity contribution in [3.8, 4) is 28.1 Å². The van der Waals surface area contributed by atoms with Gasteiger partial charge in [0, 0.05) is 11.3 Å². The molecule has 0 aliphatic heterocycles. The minimum atomic E-state index is 0.891. The highest BCUT2D eigenvalue weighted by Crippen LogP contribution is 2.35. The summed E-state index contributed by atoms with van der Waals surface area (Å²) in [5, 5.41) is 0. The first-order valence-corrected chi connectivity index (χ1v) is 8.08. The lowest BCUT2D eigenvalue weighted by molar-refractivity contribution is 0.415. The molecule has 2 aromatic carbocycles. The summed E-state index contributed by atoms with van der Waals surface area (Å²) in [5.74, 6) is 0.891. The van der Waals surface area contributed by atoms with Crippen LogP contribution in [0.25, 0.3) is 22.4 Å². The summed E-state index contributed by atoms with van der Waals surface area (Å²) in [5.41, 5.74) is 7.47. The molecule has 1 aliphatic carbocycles. The number of pyridine rings is 1. The van der Waals surface area contributed by atoms with Gasteiger partial charge in [0.2, 0.25) is 0 Å². The molecule has 1 heterocycles. The van der Waals surface area contributed by atoms with Gasteiger partial charge in [-0.3, -0.25) is 4.98 Å². The summed E-state index contributed by atoms with van der Waals surface area (Å²) < 4.78 is 5.28. The monoisotopic (exact) mass is 301 g/mol. The predicted molar refractivity (Wildman–Crippen MR) is 93.7 cm³/mol. The Morgan fingerprint density at radius 1 is 0.870 bits per heavy atom. The third-order valence-electron chi connectivity index (χ3n) is 4.52. The summed E-state index contributed by atoms with van der Waals surface area (Å²) in [6.07, 6.45) is 3.40. The van der Waals surface area contributed by atoms with Crippen LogP contribution in [0.1, 0.15) is 17.7 Å². The van der Waals surface area contributed by atoms with Gasteiger partial charge < -0.3 is 4.74 Å². The molecule has 1 aliphatic rings. The van der Waals surface area contributed by atoms with Gasteiger partial charge in [0.05, 0.1) is 12.8 Å². The molecule has 0 fully saturated rings. The highest BCUT2D eigenvalue weighted by molar-refractivity contribution is 5.75. The molecule has 2 heteroatoms. The van der Waals surface area contributed by atoms with Crippen molar-refractivity contribution < 1.29 is 4.74 Å². The lowest BCUT2D eigenvalue weighted by atomic mass is 9.97. The van der Waals surface area contributed by atoms with Crippen molar-refractivity contribution in [1.29, 1.82) is 0 Å². The predicted octanol–water partition coefficient (Wildman–Crippen LogP) is 4.91. The number of methoxy groups -OCH3 is 1. The van der Waals surface area contributed by atoms with Crippen LogP contribution in [0.4, 0.5) is 0 Å². The number of nitrogens with zero attached hydrogens (tertiary/aromatic N) is 1. The normalized spacial score (nSPS) is 12.9. The van der Waals surface area contributed by atoms with E-state index in [0.717, 1.165) is 24.3 Å². The van der Waals surface area contributed by atoms with E-state index >= 15 is 0 Å².